The Morgan fingerprint density at radius 1 is 1.05 bits per heavy atom. The van der Waals surface area contributed by atoms with Crippen molar-refractivity contribution in [3.8, 4) is 12.3 Å². The van der Waals surface area contributed by atoms with Crippen LogP contribution in [0.4, 0.5) is 4.79 Å². The number of rotatable bonds is 12. The average molecular weight is 569 g/mol. The van der Waals surface area contributed by atoms with E-state index in [1.54, 1.807) is 45.0 Å². The minimum absolute atomic E-state index is 0.00737. The third-order valence-corrected chi connectivity index (χ3v) is 7.16. The maximum Gasteiger partial charge on any atom is 0.408 e. The first kappa shape index (κ1) is 33.7. The molecule has 0 aromatic heterocycles. The second-order valence-corrected chi connectivity index (χ2v) is 12.4. The molecular weight excluding hydrogens is 520 g/mol. The van der Waals surface area contributed by atoms with E-state index in [-0.39, 0.29) is 11.9 Å². The van der Waals surface area contributed by atoms with Crippen LogP contribution in [0, 0.1) is 18.3 Å². The average Bonchev–Trinajstić information content (AvgIpc) is 2.88. The maximum atomic E-state index is 14.3. The number of nitrogens with zero attached hydrogens (tertiary/aromatic N) is 1. The largest absolute Gasteiger partial charge is 0.444 e. The Labute approximate surface area is 245 Å². The monoisotopic (exact) mass is 568 g/mol. The van der Waals surface area contributed by atoms with Gasteiger partial charge in [-0.05, 0) is 77.0 Å². The van der Waals surface area contributed by atoms with E-state index in [9.17, 15) is 19.2 Å². The van der Waals surface area contributed by atoms with Gasteiger partial charge >= 0.3 is 6.09 Å². The van der Waals surface area contributed by atoms with Gasteiger partial charge in [0.15, 0.2) is 0 Å². The number of carbonyl (C=O) groups excluding carboxylic acids is 4. The lowest BCUT2D eigenvalue weighted by Gasteiger charge is -2.39. The molecule has 9 heteroatoms. The van der Waals surface area contributed by atoms with E-state index in [0.717, 1.165) is 38.5 Å². The Hall–Kier alpha value is -3.54. The van der Waals surface area contributed by atoms with Crippen molar-refractivity contribution in [3.05, 3.63) is 35.4 Å². The van der Waals surface area contributed by atoms with Crippen molar-refractivity contribution in [2.75, 3.05) is 0 Å². The summed E-state index contributed by atoms with van der Waals surface area (Å²) in [5.41, 5.74) is 5.91. The van der Waals surface area contributed by atoms with Crippen molar-refractivity contribution in [1.82, 2.24) is 15.5 Å². The van der Waals surface area contributed by atoms with E-state index < -0.39 is 48.1 Å². The van der Waals surface area contributed by atoms with Gasteiger partial charge < -0.3 is 26.0 Å². The van der Waals surface area contributed by atoms with Gasteiger partial charge in [0.05, 0.1) is 6.42 Å². The van der Waals surface area contributed by atoms with Gasteiger partial charge in [-0.15, -0.1) is 6.42 Å². The Morgan fingerprint density at radius 2 is 1.66 bits per heavy atom. The van der Waals surface area contributed by atoms with E-state index in [2.05, 4.69) is 30.4 Å². The van der Waals surface area contributed by atoms with Crippen LogP contribution in [-0.2, 0) is 19.1 Å². The fourth-order valence-electron chi connectivity index (χ4n) is 5.07. The summed E-state index contributed by atoms with van der Waals surface area (Å²) >= 11 is 0. The first-order chi connectivity index (χ1) is 19.2. The molecule has 9 nitrogen and oxygen atoms in total. The van der Waals surface area contributed by atoms with Gasteiger partial charge in [-0.2, -0.15) is 0 Å². The fourth-order valence-corrected chi connectivity index (χ4v) is 5.07. The quantitative estimate of drug-likeness (QED) is 0.318. The lowest BCUT2D eigenvalue weighted by molar-refractivity contribution is -0.146. The van der Waals surface area contributed by atoms with Crippen LogP contribution in [0.5, 0.6) is 0 Å². The summed E-state index contributed by atoms with van der Waals surface area (Å²) in [6.45, 7) is 11.1. The standard InChI is InChI=1S/C32H48N4O5/c1-8-23-16-18-24(19-17-23)28(29(38)34-25-12-10-9-11-13-25)36(22(4)15-14-21(2)3)30(39)26(20-27(33)37)35-31(40)41-32(5,6)7/h1,16-19,21-22,25-26,28H,9-15,20H2,2-7H3,(H2,33,37)(H,34,38)(H,35,40). The molecule has 0 spiro atoms. The zero-order chi connectivity index (χ0) is 30.7. The van der Waals surface area contributed by atoms with Gasteiger partial charge in [-0.25, -0.2) is 4.79 Å². The fraction of sp³-hybridized carbons (Fsp3) is 0.625. The second-order valence-electron chi connectivity index (χ2n) is 12.4. The SMILES string of the molecule is C#Cc1ccc(C(C(=O)NC2CCCCC2)N(C(=O)C(CC(N)=O)NC(=O)OC(C)(C)C)C(C)CCC(C)C)cc1. The molecule has 1 aliphatic carbocycles. The predicted octanol–water partition coefficient (Wildman–Crippen LogP) is 4.58. The number of alkyl carbamates (subject to hydrolysis) is 1. The molecule has 1 fully saturated rings. The van der Waals surface area contributed by atoms with Crippen molar-refractivity contribution in [2.45, 2.75) is 123 Å². The molecule has 41 heavy (non-hydrogen) atoms. The van der Waals surface area contributed by atoms with E-state index in [1.807, 2.05) is 6.92 Å². The van der Waals surface area contributed by atoms with Crippen LogP contribution >= 0.6 is 0 Å². The first-order valence-corrected chi connectivity index (χ1v) is 14.7. The van der Waals surface area contributed by atoms with Crippen molar-refractivity contribution < 1.29 is 23.9 Å². The molecule has 2 rings (SSSR count). The van der Waals surface area contributed by atoms with Gasteiger partial charge in [0.25, 0.3) is 0 Å². The molecule has 4 N–H and O–H groups in total. The smallest absolute Gasteiger partial charge is 0.408 e. The molecular formula is C32H48N4O5. The summed E-state index contributed by atoms with van der Waals surface area (Å²) < 4.78 is 5.37. The van der Waals surface area contributed by atoms with Gasteiger partial charge in [0, 0.05) is 17.6 Å². The minimum Gasteiger partial charge on any atom is -0.444 e. The highest BCUT2D eigenvalue weighted by Crippen LogP contribution is 2.29. The highest BCUT2D eigenvalue weighted by molar-refractivity contribution is 5.94. The zero-order valence-corrected chi connectivity index (χ0v) is 25.5. The number of hydrogen-bond donors (Lipinski definition) is 3. The Bertz CT molecular complexity index is 1080. The molecule has 0 heterocycles. The third-order valence-electron chi connectivity index (χ3n) is 7.16. The number of nitrogens with two attached hydrogens (primary N) is 1. The van der Waals surface area contributed by atoms with E-state index in [4.69, 9.17) is 16.9 Å². The highest BCUT2D eigenvalue weighted by Gasteiger charge is 2.40. The molecule has 1 aromatic rings. The van der Waals surface area contributed by atoms with E-state index >= 15 is 0 Å². The Morgan fingerprint density at radius 3 is 2.17 bits per heavy atom. The zero-order valence-electron chi connectivity index (χ0n) is 25.5. The van der Waals surface area contributed by atoms with Crippen LogP contribution in [0.3, 0.4) is 0 Å². The molecule has 226 valence electrons. The summed E-state index contributed by atoms with van der Waals surface area (Å²) in [6, 6.07) is 4.23. The summed E-state index contributed by atoms with van der Waals surface area (Å²) in [5.74, 6) is 1.27. The van der Waals surface area contributed by atoms with Gasteiger partial charge in [-0.1, -0.05) is 51.2 Å². The second kappa shape index (κ2) is 15.5. The van der Waals surface area contributed by atoms with Crippen molar-refractivity contribution in [3.63, 3.8) is 0 Å². The molecule has 3 atom stereocenters. The molecule has 0 saturated heterocycles. The number of nitrogens with one attached hydrogen (secondary N) is 2. The third kappa shape index (κ3) is 11.1. The van der Waals surface area contributed by atoms with Crippen molar-refractivity contribution >= 4 is 23.8 Å². The minimum atomic E-state index is -1.32. The number of benzene rings is 1. The number of primary amides is 1. The summed E-state index contributed by atoms with van der Waals surface area (Å²) in [5, 5.41) is 5.71. The van der Waals surface area contributed by atoms with Crippen LogP contribution in [-0.4, -0.2) is 52.4 Å². The number of carbonyl (C=O) groups is 4. The lowest BCUT2D eigenvalue weighted by atomic mass is 9.93. The van der Waals surface area contributed by atoms with Gasteiger partial charge in [0.1, 0.15) is 17.7 Å². The van der Waals surface area contributed by atoms with Crippen LogP contribution in [0.15, 0.2) is 24.3 Å². The van der Waals surface area contributed by atoms with Crippen LogP contribution in [0.25, 0.3) is 0 Å². The molecule has 1 aliphatic rings. The molecule has 3 unspecified atom stereocenters. The highest BCUT2D eigenvalue weighted by atomic mass is 16.6. The number of hydrogen-bond acceptors (Lipinski definition) is 5. The van der Waals surface area contributed by atoms with Gasteiger partial charge in [0.2, 0.25) is 17.7 Å². The molecule has 0 bridgehead atoms. The number of ether oxygens (including phenoxy) is 1. The summed E-state index contributed by atoms with van der Waals surface area (Å²) in [4.78, 5) is 54.7. The predicted molar refractivity (Wildman–Crippen MR) is 159 cm³/mol. The van der Waals surface area contributed by atoms with Gasteiger partial charge in [-0.3, -0.25) is 14.4 Å². The normalized spacial score (nSPS) is 16.1. The van der Waals surface area contributed by atoms with Crippen LogP contribution in [0.2, 0.25) is 0 Å². The topological polar surface area (TPSA) is 131 Å². The Balaban J connectivity index is 2.58. The first-order valence-electron chi connectivity index (χ1n) is 14.7. The lowest BCUT2D eigenvalue weighted by Crippen LogP contribution is -2.57. The van der Waals surface area contributed by atoms with E-state index in [1.165, 1.54) is 4.90 Å². The molecule has 0 aliphatic heterocycles. The molecule has 1 saturated carbocycles. The number of amides is 4. The maximum absolute atomic E-state index is 14.3. The molecule has 1 aromatic carbocycles. The molecule has 4 amide bonds. The van der Waals surface area contributed by atoms with E-state index in [0.29, 0.717) is 23.5 Å². The summed E-state index contributed by atoms with van der Waals surface area (Å²) in [7, 11) is 0. The summed E-state index contributed by atoms with van der Waals surface area (Å²) in [6.07, 6.45) is 10.6. The number of terminal acetylenes is 1. The van der Waals surface area contributed by atoms with Crippen molar-refractivity contribution in [1.29, 1.82) is 0 Å². The van der Waals surface area contributed by atoms with Crippen LogP contribution < -0.4 is 16.4 Å². The van der Waals surface area contributed by atoms with Crippen molar-refractivity contribution in [2.24, 2.45) is 11.7 Å². The Kier molecular flexibility index (Phi) is 12.7. The van der Waals surface area contributed by atoms with Crippen LogP contribution in [0.1, 0.15) is 110 Å². The molecule has 0 radical (unpaired) electrons.